The Morgan fingerprint density at radius 3 is 1.14 bits per heavy atom. The third-order valence-electron chi connectivity index (χ3n) is 2.43. The summed E-state index contributed by atoms with van der Waals surface area (Å²) in [4.78, 5) is 2.31. The van der Waals surface area contributed by atoms with Crippen LogP contribution in [-0.2, 0) is 0 Å². The van der Waals surface area contributed by atoms with Crippen LogP contribution in [0.5, 0.6) is 0 Å². The van der Waals surface area contributed by atoms with Crippen LogP contribution in [0.25, 0.3) is 0 Å². The fraction of sp³-hybridized carbons (Fsp3) is 0.500. The summed E-state index contributed by atoms with van der Waals surface area (Å²) in [5.41, 5.74) is 0. The smallest absolute Gasteiger partial charge is 0.0258 e. The normalized spacial score (nSPS) is 16.3. The van der Waals surface area contributed by atoms with E-state index in [0.717, 1.165) is 0 Å². The van der Waals surface area contributed by atoms with Crippen LogP contribution in [0.15, 0.2) is 38.0 Å². The summed E-state index contributed by atoms with van der Waals surface area (Å²) in [7, 11) is 0. The van der Waals surface area contributed by atoms with E-state index in [1.807, 2.05) is 18.2 Å². The van der Waals surface area contributed by atoms with Gasteiger partial charge in [0.25, 0.3) is 0 Å². The van der Waals surface area contributed by atoms with Gasteiger partial charge in [0, 0.05) is 18.1 Å². The summed E-state index contributed by atoms with van der Waals surface area (Å²) < 4.78 is 0. The van der Waals surface area contributed by atoms with Crippen molar-refractivity contribution in [3.05, 3.63) is 38.0 Å². The van der Waals surface area contributed by atoms with Gasteiger partial charge >= 0.3 is 0 Å². The van der Waals surface area contributed by atoms with E-state index in [-0.39, 0.29) is 12.4 Å². The average Bonchev–Trinajstić information content (AvgIpc) is 2.16. The largest absolute Gasteiger partial charge is 0.285 e. The van der Waals surface area contributed by atoms with E-state index < -0.39 is 0 Å². The molecule has 0 heterocycles. The molecule has 82 valence electrons. The van der Waals surface area contributed by atoms with Crippen molar-refractivity contribution in [2.45, 2.75) is 38.9 Å². The molecule has 0 N–H and O–H groups in total. The van der Waals surface area contributed by atoms with Crippen molar-refractivity contribution in [1.82, 2.24) is 4.90 Å². The van der Waals surface area contributed by atoms with Gasteiger partial charge < -0.3 is 0 Å². The number of rotatable bonds is 6. The molecule has 0 aromatic rings. The maximum Gasteiger partial charge on any atom is 0.0258 e. The molecule has 0 aromatic carbocycles. The molecule has 0 spiro atoms. The number of nitrogens with zero attached hydrogens (tertiary/aromatic N) is 1. The molecule has 0 fully saturated rings. The summed E-state index contributed by atoms with van der Waals surface area (Å²) in [6.07, 6.45) is 5.83. The van der Waals surface area contributed by atoms with Gasteiger partial charge in [-0.25, -0.2) is 0 Å². The van der Waals surface area contributed by atoms with Gasteiger partial charge in [-0.15, -0.1) is 32.1 Å². The van der Waals surface area contributed by atoms with Gasteiger partial charge in [-0.3, -0.25) is 4.90 Å². The lowest BCUT2D eigenvalue weighted by Crippen LogP contribution is -2.43. The summed E-state index contributed by atoms with van der Waals surface area (Å²) in [6, 6.07) is 1.04. The fourth-order valence-electron chi connectivity index (χ4n) is 1.48. The van der Waals surface area contributed by atoms with E-state index in [9.17, 15) is 0 Å². The zero-order valence-corrected chi connectivity index (χ0v) is 10.3. The van der Waals surface area contributed by atoms with Crippen LogP contribution in [0.2, 0.25) is 0 Å². The predicted molar refractivity (Wildman–Crippen MR) is 68.1 cm³/mol. The summed E-state index contributed by atoms with van der Waals surface area (Å²) in [5, 5.41) is 0. The summed E-state index contributed by atoms with van der Waals surface area (Å²) in [5.74, 6) is 0. The van der Waals surface area contributed by atoms with E-state index in [0.29, 0.717) is 18.1 Å². The van der Waals surface area contributed by atoms with Crippen molar-refractivity contribution in [3.8, 4) is 0 Å². The molecule has 0 bridgehead atoms. The molecule has 0 rings (SSSR count). The van der Waals surface area contributed by atoms with Gasteiger partial charge in [-0.2, -0.15) is 0 Å². The van der Waals surface area contributed by atoms with Crippen LogP contribution in [-0.4, -0.2) is 23.0 Å². The standard InChI is InChI=1S/C12H21N.ClH/c1-7-10(4)13(11(5)8-2)12(6)9-3;/h7-12H,1-3H2,4-6H3;1H. The van der Waals surface area contributed by atoms with Crippen molar-refractivity contribution in [2.24, 2.45) is 0 Å². The second kappa shape index (κ2) is 7.84. The predicted octanol–water partition coefficient (Wildman–Crippen LogP) is 3.43. The van der Waals surface area contributed by atoms with Crippen LogP contribution in [0.1, 0.15) is 20.8 Å². The van der Waals surface area contributed by atoms with Crippen LogP contribution in [0.4, 0.5) is 0 Å². The topological polar surface area (TPSA) is 3.24 Å². The second-order valence-electron chi connectivity index (χ2n) is 3.38. The summed E-state index contributed by atoms with van der Waals surface area (Å²) >= 11 is 0. The first-order chi connectivity index (χ1) is 6.08. The molecule has 0 aliphatic rings. The SMILES string of the molecule is C=CC(C)N(C(C)C=C)C(C)C=C.Cl. The van der Waals surface area contributed by atoms with Gasteiger partial charge in [0.15, 0.2) is 0 Å². The molecule has 0 amide bonds. The molecule has 0 saturated carbocycles. The Labute approximate surface area is 94.6 Å². The van der Waals surface area contributed by atoms with Gasteiger partial charge in [-0.05, 0) is 20.8 Å². The third kappa shape index (κ3) is 4.12. The number of hydrogen-bond acceptors (Lipinski definition) is 1. The zero-order valence-electron chi connectivity index (χ0n) is 9.44. The van der Waals surface area contributed by atoms with E-state index in [4.69, 9.17) is 0 Å². The highest BCUT2D eigenvalue weighted by atomic mass is 35.5. The Balaban J connectivity index is 0. The minimum atomic E-state index is 0. The molecule has 1 nitrogen and oxygen atoms in total. The van der Waals surface area contributed by atoms with Crippen molar-refractivity contribution in [2.75, 3.05) is 0 Å². The Kier molecular flexibility index (Phi) is 8.91. The van der Waals surface area contributed by atoms with Crippen molar-refractivity contribution >= 4 is 12.4 Å². The van der Waals surface area contributed by atoms with Gasteiger partial charge in [0.05, 0.1) is 0 Å². The Morgan fingerprint density at radius 1 is 0.786 bits per heavy atom. The van der Waals surface area contributed by atoms with E-state index in [1.54, 1.807) is 0 Å². The van der Waals surface area contributed by atoms with E-state index >= 15 is 0 Å². The molecular weight excluding hydrogens is 194 g/mol. The van der Waals surface area contributed by atoms with Crippen molar-refractivity contribution in [1.29, 1.82) is 0 Å². The van der Waals surface area contributed by atoms with Crippen LogP contribution in [0, 0.1) is 0 Å². The molecule has 14 heavy (non-hydrogen) atoms. The number of hydrogen-bond donors (Lipinski definition) is 0. The van der Waals surface area contributed by atoms with E-state index in [1.165, 1.54) is 0 Å². The highest BCUT2D eigenvalue weighted by Gasteiger charge is 2.19. The first kappa shape index (κ1) is 15.9. The fourth-order valence-corrected chi connectivity index (χ4v) is 1.48. The third-order valence-corrected chi connectivity index (χ3v) is 2.43. The lowest BCUT2D eigenvalue weighted by Gasteiger charge is -2.35. The molecule has 0 radical (unpaired) electrons. The quantitative estimate of drug-likeness (QED) is 0.614. The first-order valence-electron chi connectivity index (χ1n) is 4.73. The molecule has 3 unspecified atom stereocenters. The molecule has 0 aromatic heterocycles. The lowest BCUT2D eigenvalue weighted by molar-refractivity contribution is 0.180. The second-order valence-corrected chi connectivity index (χ2v) is 3.38. The van der Waals surface area contributed by atoms with Crippen molar-refractivity contribution in [3.63, 3.8) is 0 Å². The average molecular weight is 216 g/mol. The van der Waals surface area contributed by atoms with Crippen LogP contribution < -0.4 is 0 Å². The Hall–Kier alpha value is -0.530. The van der Waals surface area contributed by atoms with Gasteiger partial charge in [-0.1, -0.05) is 18.2 Å². The Bertz CT molecular complexity index is 155. The zero-order chi connectivity index (χ0) is 10.4. The maximum atomic E-state index is 3.80. The molecule has 0 aliphatic heterocycles. The van der Waals surface area contributed by atoms with Crippen LogP contribution in [0.3, 0.4) is 0 Å². The minimum Gasteiger partial charge on any atom is -0.285 e. The highest BCUT2D eigenvalue weighted by Crippen LogP contribution is 2.13. The van der Waals surface area contributed by atoms with Gasteiger partial charge in [0.2, 0.25) is 0 Å². The Morgan fingerprint density at radius 2 is 1.00 bits per heavy atom. The lowest BCUT2D eigenvalue weighted by atomic mass is 10.1. The van der Waals surface area contributed by atoms with Crippen LogP contribution >= 0.6 is 12.4 Å². The van der Waals surface area contributed by atoms with E-state index in [2.05, 4.69) is 45.4 Å². The maximum absolute atomic E-state index is 3.80. The highest BCUT2D eigenvalue weighted by molar-refractivity contribution is 5.85. The first-order valence-corrected chi connectivity index (χ1v) is 4.73. The minimum absolute atomic E-state index is 0. The molecular formula is C12H22ClN. The molecule has 0 aliphatic carbocycles. The van der Waals surface area contributed by atoms with Gasteiger partial charge in [0.1, 0.15) is 0 Å². The summed E-state index contributed by atoms with van der Waals surface area (Å²) in [6.45, 7) is 17.8. The molecule has 3 atom stereocenters. The van der Waals surface area contributed by atoms with Crippen molar-refractivity contribution < 1.29 is 0 Å². The molecule has 0 saturated heterocycles. The monoisotopic (exact) mass is 215 g/mol. The molecule has 2 heteroatoms. The number of halogens is 1.